The lowest BCUT2D eigenvalue weighted by molar-refractivity contribution is -0.137. The highest BCUT2D eigenvalue weighted by Gasteiger charge is 2.30. The van der Waals surface area contributed by atoms with E-state index in [1.165, 1.54) is 12.1 Å². The van der Waals surface area contributed by atoms with Crippen molar-refractivity contribution in [3.8, 4) is 0 Å². The molecule has 2 nitrogen and oxygen atoms in total. The van der Waals surface area contributed by atoms with E-state index in [4.69, 9.17) is 23.2 Å². The van der Waals surface area contributed by atoms with E-state index in [0.29, 0.717) is 15.6 Å². The van der Waals surface area contributed by atoms with E-state index in [0.717, 1.165) is 51.0 Å². The van der Waals surface area contributed by atoms with Crippen LogP contribution in [-0.2, 0) is 6.18 Å². The molecule has 0 amide bonds. The molecule has 0 spiro atoms. The summed E-state index contributed by atoms with van der Waals surface area (Å²) in [6.07, 6.45) is -0.857. The molecule has 1 N–H and O–H groups in total. The van der Waals surface area contributed by atoms with Crippen LogP contribution < -0.4 is 0 Å². The summed E-state index contributed by atoms with van der Waals surface area (Å²) in [6.45, 7) is 0. The number of aromatic amines is 1. The van der Waals surface area contributed by atoms with Crippen LogP contribution in [0.5, 0.6) is 0 Å². The first-order chi connectivity index (χ1) is 14.8. The Hall–Kier alpha value is -3.02. The Bertz CT molecular complexity index is 1380. The molecule has 2 heterocycles. The summed E-state index contributed by atoms with van der Waals surface area (Å²) in [4.78, 5) is 7.69. The number of hydrogen-bond donors (Lipinski definition) is 1. The van der Waals surface area contributed by atoms with Crippen molar-refractivity contribution in [2.75, 3.05) is 0 Å². The molecule has 3 aromatic carbocycles. The highest BCUT2D eigenvalue weighted by atomic mass is 35.5. The van der Waals surface area contributed by atoms with Crippen molar-refractivity contribution in [1.82, 2.24) is 4.98 Å². The number of rotatable bonds is 2. The number of nitrogens with zero attached hydrogens (tertiary/aromatic N) is 1. The number of benzene rings is 3. The number of aromatic nitrogens is 1. The minimum absolute atomic E-state index is 0.551. The van der Waals surface area contributed by atoms with E-state index >= 15 is 0 Å². The molecular weight excluding hydrogens is 444 g/mol. The van der Waals surface area contributed by atoms with Crippen molar-refractivity contribution >= 4 is 57.2 Å². The average Bonchev–Trinajstić information content (AvgIpc) is 3.33. The van der Waals surface area contributed by atoms with E-state index in [1.54, 1.807) is 18.3 Å². The van der Waals surface area contributed by atoms with Gasteiger partial charge in [0.1, 0.15) is 0 Å². The molecule has 5 rings (SSSR count). The van der Waals surface area contributed by atoms with E-state index in [2.05, 4.69) is 9.98 Å². The van der Waals surface area contributed by atoms with Gasteiger partial charge in [-0.3, -0.25) is 4.99 Å². The number of allylic oxidation sites excluding steroid dienone is 1. The second kappa shape index (κ2) is 7.29. The minimum Gasteiger partial charge on any atom is -0.361 e. The van der Waals surface area contributed by atoms with Gasteiger partial charge >= 0.3 is 6.18 Å². The summed E-state index contributed by atoms with van der Waals surface area (Å²) in [5, 5.41) is 1.97. The number of fused-ring (bicyclic) bond motifs is 2. The molecule has 1 aliphatic heterocycles. The standard InChI is InChI=1S/C24H13Cl2F3N2/c25-15-5-7-21-17(9-15)19(11-30-21)23(13-1-3-14(4-2-13)24(27,28)29)20-12-31-22-8-6-16(26)10-18(20)22/h1-12,30H. The topological polar surface area (TPSA) is 28.1 Å². The summed E-state index contributed by atoms with van der Waals surface area (Å²) in [6, 6.07) is 16.0. The SMILES string of the molecule is FC(F)(F)c1ccc(C(=C2C=Nc3ccc(Cl)cc32)c2c[nH]c3ccc(Cl)cc23)cc1. The summed E-state index contributed by atoms with van der Waals surface area (Å²) in [7, 11) is 0. The summed E-state index contributed by atoms with van der Waals surface area (Å²) in [5.74, 6) is 0. The van der Waals surface area contributed by atoms with Gasteiger partial charge in [0.2, 0.25) is 0 Å². The van der Waals surface area contributed by atoms with Gasteiger partial charge < -0.3 is 4.98 Å². The molecule has 0 saturated heterocycles. The van der Waals surface area contributed by atoms with Gasteiger partial charge in [-0.15, -0.1) is 0 Å². The van der Waals surface area contributed by atoms with Crippen LogP contribution in [0.4, 0.5) is 18.9 Å². The van der Waals surface area contributed by atoms with Gasteiger partial charge in [-0.2, -0.15) is 13.2 Å². The van der Waals surface area contributed by atoms with Gasteiger partial charge in [-0.25, -0.2) is 0 Å². The summed E-state index contributed by atoms with van der Waals surface area (Å²) < 4.78 is 39.4. The van der Waals surface area contributed by atoms with Crippen molar-refractivity contribution in [3.05, 3.63) is 99.2 Å². The number of halogens is 5. The number of alkyl halides is 3. The molecule has 0 unspecified atom stereocenters. The van der Waals surface area contributed by atoms with Crippen LogP contribution in [0.2, 0.25) is 10.0 Å². The molecule has 7 heteroatoms. The first-order valence-corrected chi connectivity index (χ1v) is 10.1. The Labute approximate surface area is 185 Å². The zero-order valence-corrected chi connectivity index (χ0v) is 17.3. The fourth-order valence-corrected chi connectivity index (χ4v) is 4.17. The third-order valence-electron chi connectivity index (χ3n) is 5.26. The molecule has 0 aliphatic carbocycles. The molecule has 0 saturated carbocycles. The molecule has 1 aromatic heterocycles. The maximum Gasteiger partial charge on any atom is 0.416 e. The predicted octanol–water partition coefficient (Wildman–Crippen LogP) is 8.17. The largest absolute Gasteiger partial charge is 0.416 e. The highest BCUT2D eigenvalue weighted by Crippen LogP contribution is 2.42. The van der Waals surface area contributed by atoms with Crippen LogP contribution in [0.3, 0.4) is 0 Å². The van der Waals surface area contributed by atoms with Crippen molar-refractivity contribution < 1.29 is 13.2 Å². The maximum absolute atomic E-state index is 13.1. The fraction of sp³-hybridized carbons (Fsp3) is 0.0417. The zero-order valence-electron chi connectivity index (χ0n) is 15.8. The van der Waals surface area contributed by atoms with Crippen molar-refractivity contribution in [2.24, 2.45) is 4.99 Å². The number of nitrogens with one attached hydrogen (secondary N) is 1. The normalized spacial score (nSPS) is 14.9. The van der Waals surface area contributed by atoms with Crippen LogP contribution in [0, 0.1) is 0 Å². The Balaban J connectivity index is 1.80. The fourth-order valence-electron chi connectivity index (χ4n) is 3.82. The van der Waals surface area contributed by atoms with Gasteiger partial charge in [0, 0.05) is 55.6 Å². The van der Waals surface area contributed by atoms with Crippen LogP contribution in [0.25, 0.3) is 22.0 Å². The van der Waals surface area contributed by atoms with Gasteiger partial charge in [-0.1, -0.05) is 35.3 Å². The molecule has 0 atom stereocenters. The van der Waals surface area contributed by atoms with Gasteiger partial charge in [-0.05, 0) is 54.1 Å². The van der Waals surface area contributed by atoms with E-state index in [1.807, 2.05) is 30.5 Å². The van der Waals surface area contributed by atoms with Crippen LogP contribution in [0.15, 0.2) is 71.9 Å². The maximum atomic E-state index is 13.1. The van der Waals surface area contributed by atoms with Crippen molar-refractivity contribution in [1.29, 1.82) is 0 Å². The molecule has 0 radical (unpaired) electrons. The molecule has 0 bridgehead atoms. The average molecular weight is 457 g/mol. The summed E-state index contributed by atoms with van der Waals surface area (Å²) >= 11 is 12.5. The lowest BCUT2D eigenvalue weighted by atomic mass is 9.89. The van der Waals surface area contributed by atoms with Gasteiger partial charge in [0.05, 0.1) is 11.3 Å². The van der Waals surface area contributed by atoms with Gasteiger partial charge in [0.25, 0.3) is 0 Å². The monoisotopic (exact) mass is 456 g/mol. The number of H-pyrrole nitrogens is 1. The molecular formula is C24H13Cl2F3N2. The Morgan fingerprint density at radius 3 is 2.32 bits per heavy atom. The Morgan fingerprint density at radius 2 is 1.58 bits per heavy atom. The highest BCUT2D eigenvalue weighted by molar-refractivity contribution is 6.33. The van der Waals surface area contributed by atoms with Crippen molar-refractivity contribution in [2.45, 2.75) is 6.18 Å². The Kier molecular flexibility index (Phi) is 4.68. The van der Waals surface area contributed by atoms with Crippen LogP contribution in [0.1, 0.15) is 22.3 Å². The number of aliphatic imine (C=N–C) groups is 1. The third-order valence-corrected chi connectivity index (χ3v) is 5.74. The zero-order chi connectivity index (χ0) is 21.8. The molecule has 31 heavy (non-hydrogen) atoms. The lowest BCUT2D eigenvalue weighted by Crippen LogP contribution is -2.04. The number of hydrogen-bond acceptors (Lipinski definition) is 1. The second-order valence-corrected chi connectivity index (χ2v) is 8.05. The Morgan fingerprint density at radius 1 is 0.871 bits per heavy atom. The smallest absolute Gasteiger partial charge is 0.361 e. The van der Waals surface area contributed by atoms with Crippen molar-refractivity contribution in [3.63, 3.8) is 0 Å². The third kappa shape index (κ3) is 3.54. The molecule has 0 fully saturated rings. The quantitative estimate of drug-likeness (QED) is 0.315. The van der Waals surface area contributed by atoms with E-state index in [9.17, 15) is 13.2 Å². The van der Waals surface area contributed by atoms with Crippen LogP contribution in [-0.4, -0.2) is 11.2 Å². The van der Waals surface area contributed by atoms with E-state index in [-0.39, 0.29) is 0 Å². The molecule has 154 valence electrons. The molecule has 1 aliphatic rings. The second-order valence-electron chi connectivity index (χ2n) is 7.18. The van der Waals surface area contributed by atoms with E-state index < -0.39 is 11.7 Å². The first-order valence-electron chi connectivity index (χ1n) is 9.34. The molecule has 4 aromatic rings. The summed E-state index contributed by atoms with van der Waals surface area (Å²) in [5.41, 5.74) is 4.69. The predicted molar refractivity (Wildman–Crippen MR) is 120 cm³/mol. The minimum atomic E-state index is -4.41. The van der Waals surface area contributed by atoms with Gasteiger partial charge in [0.15, 0.2) is 0 Å². The first kappa shape index (κ1) is 19.9. The lowest BCUT2D eigenvalue weighted by Gasteiger charge is -2.14. The van der Waals surface area contributed by atoms with Crippen LogP contribution >= 0.6 is 23.2 Å².